The van der Waals surface area contributed by atoms with E-state index in [1.165, 1.54) is 0 Å². The van der Waals surface area contributed by atoms with Crippen LogP contribution in [-0.4, -0.2) is 58.3 Å². The second kappa shape index (κ2) is 11.4. The topological polar surface area (TPSA) is 159 Å². The van der Waals surface area contributed by atoms with E-state index in [9.17, 15) is 19.2 Å². The molecule has 0 saturated heterocycles. The Labute approximate surface area is 137 Å². The quantitative estimate of drug-likeness (QED) is 0.255. The van der Waals surface area contributed by atoms with Crippen LogP contribution in [0.1, 0.15) is 12.8 Å². The van der Waals surface area contributed by atoms with E-state index in [4.69, 9.17) is 15.9 Å². The van der Waals surface area contributed by atoms with Gasteiger partial charge in [-0.05, 0) is 6.42 Å². The van der Waals surface area contributed by atoms with Gasteiger partial charge in [0.2, 0.25) is 11.8 Å². The Kier molecular flexibility index (Phi) is 11.9. The largest absolute Gasteiger partial charge is 0.480 e. The third kappa shape index (κ3) is 10.1. The van der Waals surface area contributed by atoms with E-state index in [0.717, 1.165) is 0 Å². The maximum Gasteiger partial charge on any atom is 0.322 e. The van der Waals surface area contributed by atoms with E-state index in [0.29, 0.717) is 0 Å². The van der Waals surface area contributed by atoms with Gasteiger partial charge in [0.25, 0.3) is 0 Å². The molecule has 11 heteroatoms. The summed E-state index contributed by atoms with van der Waals surface area (Å²) in [5, 5.41) is 21.4. The molecule has 2 amide bonds. The fourth-order valence-electron chi connectivity index (χ4n) is 1.16. The van der Waals surface area contributed by atoms with Crippen molar-refractivity contribution in [3.8, 4) is 0 Å². The van der Waals surface area contributed by atoms with Crippen LogP contribution in [0.15, 0.2) is 0 Å². The predicted octanol–water partition coefficient (Wildman–Crippen LogP) is -2.21. The first-order valence-corrected chi connectivity index (χ1v) is 6.29. The number of hydrogen-bond donors (Lipinski definition) is 6. The first-order chi connectivity index (χ1) is 9.27. The smallest absolute Gasteiger partial charge is 0.322 e. The van der Waals surface area contributed by atoms with Gasteiger partial charge in [0.05, 0.1) is 0 Å². The second-order valence-corrected chi connectivity index (χ2v) is 4.26. The SMILES string of the molecule is N[C@@H](CCC(=O)N[C@@H](CS)C(=O)NCC(=O)O)C(=O)O.[Cr]. The van der Waals surface area contributed by atoms with Gasteiger partial charge in [0.15, 0.2) is 0 Å². The molecule has 0 aliphatic carbocycles. The van der Waals surface area contributed by atoms with Crippen LogP contribution in [0.4, 0.5) is 0 Å². The van der Waals surface area contributed by atoms with Crippen molar-refractivity contribution in [3.05, 3.63) is 0 Å². The molecule has 6 N–H and O–H groups in total. The third-order valence-electron chi connectivity index (χ3n) is 2.25. The van der Waals surface area contributed by atoms with Crippen LogP contribution in [0, 0.1) is 0 Å². The van der Waals surface area contributed by atoms with Gasteiger partial charge in [0.1, 0.15) is 18.6 Å². The van der Waals surface area contributed by atoms with Gasteiger partial charge < -0.3 is 26.6 Å². The van der Waals surface area contributed by atoms with Crippen molar-refractivity contribution in [2.24, 2.45) is 5.73 Å². The standard InChI is InChI=1S/C10H17N3O6S.Cr/c11-5(10(18)19)1-2-7(14)13-6(4-20)9(17)12-3-8(15)16;/h5-6,20H,1-4,11H2,(H,12,17)(H,13,14)(H,15,16)(H,18,19);/t5-,6-;/m0./s1. The zero-order valence-electron chi connectivity index (χ0n) is 10.9. The summed E-state index contributed by atoms with van der Waals surface area (Å²) >= 11 is 3.87. The monoisotopic (exact) mass is 359 g/mol. The normalized spacial score (nSPS) is 12.5. The number of carbonyl (C=O) groups is 4. The predicted molar refractivity (Wildman–Crippen MR) is 71.3 cm³/mol. The molecule has 0 aromatic rings. The number of hydrogen-bond acceptors (Lipinski definition) is 6. The number of nitrogens with one attached hydrogen (secondary N) is 2. The van der Waals surface area contributed by atoms with E-state index in [1.54, 1.807) is 0 Å². The van der Waals surface area contributed by atoms with Crippen LogP contribution < -0.4 is 16.4 Å². The fourth-order valence-corrected chi connectivity index (χ4v) is 1.41. The minimum Gasteiger partial charge on any atom is -0.480 e. The van der Waals surface area contributed by atoms with E-state index in [-0.39, 0.29) is 36.0 Å². The van der Waals surface area contributed by atoms with Gasteiger partial charge in [-0.25, -0.2) is 0 Å². The summed E-state index contributed by atoms with van der Waals surface area (Å²) in [6.45, 7) is -0.567. The Morgan fingerprint density at radius 1 is 1.19 bits per heavy atom. The van der Waals surface area contributed by atoms with Gasteiger partial charge >= 0.3 is 11.9 Å². The third-order valence-corrected chi connectivity index (χ3v) is 2.61. The Hall–Kier alpha value is -1.28. The molecule has 0 fully saturated rings. The van der Waals surface area contributed by atoms with E-state index >= 15 is 0 Å². The van der Waals surface area contributed by atoms with Crippen molar-refractivity contribution in [1.29, 1.82) is 0 Å². The van der Waals surface area contributed by atoms with E-state index < -0.39 is 42.4 Å². The molecular formula is C10H17CrN3O6S. The molecule has 9 nitrogen and oxygen atoms in total. The number of carboxylic acids is 2. The number of carboxylic acid groups (broad SMARTS) is 2. The fraction of sp³-hybridized carbons (Fsp3) is 0.600. The number of amides is 2. The summed E-state index contributed by atoms with van der Waals surface area (Å²) in [7, 11) is 0. The molecule has 0 bridgehead atoms. The molecule has 0 unspecified atom stereocenters. The van der Waals surface area contributed by atoms with Crippen molar-refractivity contribution in [1.82, 2.24) is 10.6 Å². The molecule has 0 saturated carbocycles. The second-order valence-electron chi connectivity index (χ2n) is 3.90. The molecule has 0 rings (SSSR count). The first kappa shape index (κ1) is 22.0. The maximum absolute atomic E-state index is 11.5. The maximum atomic E-state index is 11.5. The molecule has 0 aromatic carbocycles. The zero-order valence-corrected chi connectivity index (χ0v) is 13.1. The van der Waals surface area contributed by atoms with Crippen LogP contribution in [-0.2, 0) is 36.5 Å². The summed E-state index contributed by atoms with van der Waals surface area (Å²) in [6, 6.07) is -2.15. The van der Waals surface area contributed by atoms with Crippen LogP contribution >= 0.6 is 12.6 Å². The molecule has 0 radical (unpaired) electrons. The molecule has 21 heavy (non-hydrogen) atoms. The number of nitrogens with two attached hydrogens (primary N) is 1. The van der Waals surface area contributed by atoms with Gasteiger partial charge in [-0.1, -0.05) is 0 Å². The number of rotatable bonds is 9. The average molecular weight is 359 g/mol. The van der Waals surface area contributed by atoms with Crippen molar-refractivity contribution in [2.45, 2.75) is 24.9 Å². The van der Waals surface area contributed by atoms with Crippen molar-refractivity contribution in [2.75, 3.05) is 12.3 Å². The Morgan fingerprint density at radius 2 is 1.76 bits per heavy atom. The Bertz CT molecular complexity index is 395. The summed E-state index contributed by atoms with van der Waals surface area (Å²) in [5.41, 5.74) is 5.23. The molecule has 0 aromatic heterocycles. The molecule has 0 aliphatic heterocycles. The molecule has 0 spiro atoms. The molecule has 0 aliphatic rings. The molecular weight excluding hydrogens is 342 g/mol. The zero-order chi connectivity index (χ0) is 15.7. The average Bonchev–Trinajstić information content (AvgIpc) is 2.38. The first-order valence-electron chi connectivity index (χ1n) is 5.66. The number of carbonyl (C=O) groups excluding carboxylic acids is 2. The van der Waals surface area contributed by atoms with Gasteiger partial charge in [0, 0.05) is 29.5 Å². The van der Waals surface area contributed by atoms with Crippen molar-refractivity contribution in [3.63, 3.8) is 0 Å². The molecule has 0 heterocycles. The van der Waals surface area contributed by atoms with Gasteiger partial charge in [-0.3, -0.25) is 19.2 Å². The number of aliphatic carboxylic acids is 2. The van der Waals surface area contributed by atoms with Crippen molar-refractivity contribution >= 4 is 36.4 Å². The van der Waals surface area contributed by atoms with Crippen LogP contribution in [0.25, 0.3) is 0 Å². The molecule has 120 valence electrons. The minimum atomic E-state index is -1.22. The van der Waals surface area contributed by atoms with Gasteiger partial charge in [-0.2, -0.15) is 12.6 Å². The van der Waals surface area contributed by atoms with E-state index in [1.807, 2.05) is 0 Å². The van der Waals surface area contributed by atoms with Crippen molar-refractivity contribution < 1.29 is 46.8 Å². The minimum absolute atomic E-state index is 0. The number of thiol groups is 1. The Balaban J connectivity index is 0. The summed E-state index contributed by atoms with van der Waals surface area (Å²) in [6.07, 6.45) is -0.235. The summed E-state index contributed by atoms with van der Waals surface area (Å²) in [4.78, 5) is 43.7. The molecule has 2 atom stereocenters. The Morgan fingerprint density at radius 3 is 2.19 bits per heavy atom. The van der Waals surface area contributed by atoms with Crippen LogP contribution in [0.5, 0.6) is 0 Å². The van der Waals surface area contributed by atoms with Gasteiger partial charge in [-0.15, -0.1) is 0 Å². The van der Waals surface area contributed by atoms with Crippen LogP contribution in [0.3, 0.4) is 0 Å². The van der Waals surface area contributed by atoms with E-state index in [2.05, 4.69) is 23.3 Å². The summed E-state index contributed by atoms with van der Waals surface area (Å²) < 4.78 is 0. The summed E-state index contributed by atoms with van der Waals surface area (Å²) in [5.74, 6) is -3.70. The van der Waals surface area contributed by atoms with Crippen LogP contribution in [0.2, 0.25) is 0 Å².